The summed E-state index contributed by atoms with van der Waals surface area (Å²) in [4.78, 5) is 0. The molecule has 0 spiro atoms. The summed E-state index contributed by atoms with van der Waals surface area (Å²) < 4.78 is 0. The van der Waals surface area contributed by atoms with E-state index < -0.39 is 0 Å². The summed E-state index contributed by atoms with van der Waals surface area (Å²) in [5.74, 6) is 0. The molecular formula is C7H5Cl2. The fourth-order valence-corrected chi connectivity index (χ4v) is 0.887. The Kier molecular flexibility index (Phi) is 1.99. The van der Waals surface area contributed by atoms with E-state index in [1.54, 1.807) is 12.1 Å². The van der Waals surface area contributed by atoms with Gasteiger partial charge in [0.1, 0.15) is 0 Å². The van der Waals surface area contributed by atoms with Gasteiger partial charge in [-0.2, -0.15) is 0 Å². The molecule has 1 rings (SSSR count). The summed E-state index contributed by atoms with van der Waals surface area (Å²) in [6, 6.07) is 6.41. The smallest absolute Gasteiger partial charge is 0.0671 e. The van der Waals surface area contributed by atoms with Crippen molar-refractivity contribution in [3.05, 3.63) is 33.8 Å². The zero-order chi connectivity index (χ0) is 6.85. The highest BCUT2D eigenvalue weighted by Gasteiger charge is 1.94. The third-order valence-electron chi connectivity index (χ3n) is 0.991. The Hall–Kier alpha value is -0.200. The SMILES string of the molecule is Cc1c[c]c(Cl)c(Cl)c1. The first-order valence-electron chi connectivity index (χ1n) is 2.53. The average molecular weight is 160 g/mol. The van der Waals surface area contributed by atoms with E-state index in [9.17, 15) is 0 Å². The average Bonchev–Trinajstić information content (AvgIpc) is 1.80. The highest BCUT2D eigenvalue weighted by Crippen LogP contribution is 2.21. The van der Waals surface area contributed by atoms with Crippen molar-refractivity contribution in [1.82, 2.24) is 0 Å². The van der Waals surface area contributed by atoms with E-state index in [1.807, 2.05) is 6.92 Å². The predicted molar refractivity (Wildman–Crippen MR) is 40.0 cm³/mol. The van der Waals surface area contributed by atoms with Gasteiger partial charge in [0.15, 0.2) is 0 Å². The number of hydrogen-bond acceptors (Lipinski definition) is 0. The van der Waals surface area contributed by atoms with Crippen LogP contribution < -0.4 is 0 Å². The van der Waals surface area contributed by atoms with Crippen LogP contribution in [0, 0.1) is 13.0 Å². The van der Waals surface area contributed by atoms with E-state index in [2.05, 4.69) is 6.07 Å². The zero-order valence-electron chi connectivity index (χ0n) is 4.91. The molecule has 0 atom stereocenters. The summed E-state index contributed by atoms with van der Waals surface area (Å²) in [6.45, 7) is 1.94. The monoisotopic (exact) mass is 159 g/mol. The van der Waals surface area contributed by atoms with Crippen LogP contribution in [0.25, 0.3) is 0 Å². The lowest BCUT2D eigenvalue weighted by Gasteiger charge is -1.93. The number of hydrogen-bond donors (Lipinski definition) is 0. The quantitative estimate of drug-likeness (QED) is 0.546. The van der Waals surface area contributed by atoms with E-state index in [-0.39, 0.29) is 0 Å². The van der Waals surface area contributed by atoms with Gasteiger partial charge in [0.05, 0.1) is 10.0 Å². The summed E-state index contributed by atoms with van der Waals surface area (Å²) in [5, 5.41) is 1.05. The second-order valence-electron chi connectivity index (χ2n) is 1.84. The fourth-order valence-electron chi connectivity index (χ4n) is 0.551. The Balaban J connectivity index is 3.17. The standard InChI is InChI=1S/C7H5Cl2/c1-5-2-3-6(8)7(9)4-5/h2,4H,1H3. The molecule has 1 radical (unpaired) electrons. The first kappa shape index (κ1) is 6.91. The lowest BCUT2D eigenvalue weighted by molar-refractivity contribution is 1.47. The van der Waals surface area contributed by atoms with Crippen LogP contribution in [0.2, 0.25) is 10.0 Å². The van der Waals surface area contributed by atoms with Crippen molar-refractivity contribution in [2.45, 2.75) is 6.92 Å². The lowest BCUT2D eigenvalue weighted by Crippen LogP contribution is -1.71. The molecule has 0 nitrogen and oxygen atoms in total. The van der Waals surface area contributed by atoms with Gasteiger partial charge < -0.3 is 0 Å². The Morgan fingerprint density at radius 1 is 1.44 bits per heavy atom. The highest BCUT2D eigenvalue weighted by molar-refractivity contribution is 6.41. The van der Waals surface area contributed by atoms with Crippen LogP contribution in [0.3, 0.4) is 0 Å². The molecule has 0 fully saturated rings. The molecule has 9 heavy (non-hydrogen) atoms. The molecule has 0 amide bonds. The minimum absolute atomic E-state index is 0.488. The minimum Gasteiger partial charge on any atom is -0.0827 e. The molecule has 0 saturated carbocycles. The van der Waals surface area contributed by atoms with Gasteiger partial charge in [-0.15, -0.1) is 0 Å². The van der Waals surface area contributed by atoms with Crippen LogP contribution in [-0.2, 0) is 0 Å². The Morgan fingerprint density at radius 2 is 2.11 bits per heavy atom. The van der Waals surface area contributed by atoms with E-state index in [1.165, 1.54) is 0 Å². The first-order chi connectivity index (χ1) is 4.20. The molecule has 0 saturated heterocycles. The van der Waals surface area contributed by atoms with Gasteiger partial charge in [-0.3, -0.25) is 0 Å². The van der Waals surface area contributed by atoms with Gasteiger partial charge in [0.2, 0.25) is 0 Å². The van der Waals surface area contributed by atoms with Crippen molar-refractivity contribution >= 4 is 23.2 Å². The molecule has 0 aliphatic heterocycles. The van der Waals surface area contributed by atoms with Crippen molar-refractivity contribution in [1.29, 1.82) is 0 Å². The Labute approximate surface area is 64.4 Å². The normalized spacial score (nSPS) is 9.67. The van der Waals surface area contributed by atoms with Gasteiger partial charge in [-0.05, 0) is 24.6 Å². The molecule has 0 aliphatic rings. The fraction of sp³-hybridized carbons (Fsp3) is 0.143. The maximum Gasteiger partial charge on any atom is 0.0671 e. The van der Waals surface area contributed by atoms with Crippen molar-refractivity contribution in [2.24, 2.45) is 0 Å². The second kappa shape index (κ2) is 2.59. The van der Waals surface area contributed by atoms with Crippen LogP contribution in [0.15, 0.2) is 12.1 Å². The Morgan fingerprint density at radius 3 is 2.56 bits per heavy atom. The molecule has 0 N–H and O–H groups in total. The third-order valence-corrected chi connectivity index (χ3v) is 1.70. The van der Waals surface area contributed by atoms with Crippen molar-refractivity contribution in [3.8, 4) is 0 Å². The van der Waals surface area contributed by atoms with Crippen LogP contribution in [0.4, 0.5) is 0 Å². The van der Waals surface area contributed by atoms with Gasteiger partial charge in [0, 0.05) is 6.07 Å². The van der Waals surface area contributed by atoms with Crippen molar-refractivity contribution in [2.75, 3.05) is 0 Å². The molecule has 0 aliphatic carbocycles. The maximum atomic E-state index is 5.65. The number of halogens is 2. The molecule has 1 aromatic carbocycles. The van der Waals surface area contributed by atoms with Gasteiger partial charge in [0.25, 0.3) is 0 Å². The van der Waals surface area contributed by atoms with Crippen LogP contribution >= 0.6 is 23.2 Å². The van der Waals surface area contributed by atoms with Crippen LogP contribution in [0.5, 0.6) is 0 Å². The lowest BCUT2D eigenvalue weighted by atomic mass is 10.2. The molecular weight excluding hydrogens is 155 g/mol. The number of benzene rings is 1. The summed E-state index contributed by atoms with van der Waals surface area (Å²) in [5.41, 5.74) is 1.07. The summed E-state index contributed by atoms with van der Waals surface area (Å²) >= 11 is 11.2. The largest absolute Gasteiger partial charge is 0.0827 e. The third kappa shape index (κ3) is 1.60. The molecule has 47 valence electrons. The summed E-state index contributed by atoms with van der Waals surface area (Å²) in [6.07, 6.45) is 0. The molecule has 0 unspecified atom stereocenters. The molecule has 0 heterocycles. The van der Waals surface area contributed by atoms with Gasteiger partial charge >= 0.3 is 0 Å². The van der Waals surface area contributed by atoms with E-state index in [4.69, 9.17) is 23.2 Å². The molecule has 0 bridgehead atoms. The van der Waals surface area contributed by atoms with Gasteiger partial charge in [-0.25, -0.2) is 0 Å². The Bertz CT molecular complexity index is 218. The van der Waals surface area contributed by atoms with Crippen LogP contribution in [-0.4, -0.2) is 0 Å². The second-order valence-corrected chi connectivity index (χ2v) is 2.62. The topological polar surface area (TPSA) is 0 Å². The van der Waals surface area contributed by atoms with E-state index in [0.717, 1.165) is 5.56 Å². The highest BCUT2D eigenvalue weighted by atomic mass is 35.5. The van der Waals surface area contributed by atoms with Crippen LogP contribution in [0.1, 0.15) is 5.56 Å². The van der Waals surface area contributed by atoms with Gasteiger partial charge in [-0.1, -0.05) is 23.2 Å². The number of aryl methyl sites for hydroxylation is 1. The number of rotatable bonds is 0. The molecule has 1 aromatic rings. The van der Waals surface area contributed by atoms with E-state index >= 15 is 0 Å². The predicted octanol–water partition coefficient (Wildman–Crippen LogP) is 3.10. The summed E-state index contributed by atoms with van der Waals surface area (Å²) in [7, 11) is 0. The van der Waals surface area contributed by atoms with Crippen molar-refractivity contribution in [3.63, 3.8) is 0 Å². The zero-order valence-corrected chi connectivity index (χ0v) is 6.42. The molecule has 0 aromatic heterocycles. The van der Waals surface area contributed by atoms with Crippen molar-refractivity contribution < 1.29 is 0 Å². The maximum absolute atomic E-state index is 5.65. The molecule has 2 heteroatoms. The minimum atomic E-state index is 0.488. The first-order valence-corrected chi connectivity index (χ1v) is 3.29. The van der Waals surface area contributed by atoms with E-state index in [0.29, 0.717) is 10.0 Å².